The first-order chi connectivity index (χ1) is 4.83. The van der Waals surface area contributed by atoms with E-state index < -0.39 is 0 Å². The fourth-order valence-corrected chi connectivity index (χ4v) is 0.624. The van der Waals surface area contributed by atoms with Crippen molar-refractivity contribution in [3.05, 3.63) is 24.5 Å². The lowest BCUT2D eigenvalue weighted by molar-refractivity contribution is -0.140. The van der Waals surface area contributed by atoms with Crippen LogP contribution in [0, 0.1) is 0 Å². The van der Waals surface area contributed by atoms with E-state index in [-0.39, 0.29) is 11.3 Å². The maximum atomic E-state index is 10.6. The first kappa shape index (κ1) is 7.34. The molecule has 1 aromatic heterocycles. The Morgan fingerprint density at radius 2 is 2.10 bits per heavy atom. The number of halogens is 1. The zero-order valence-electron chi connectivity index (χ0n) is 5.16. The van der Waals surface area contributed by atoms with Gasteiger partial charge in [-0.15, -0.1) is 0 Å². The molecule has 54 valence electrons. The Kier molecular flexibility index (Phi) is 2.50. The number of hydrogen-bond acceptors (Lipinski definition) is 2. The lowest BCUT2D eigenvalue weighted by Crippen LogP contribution is -2.18. The quantitative estimate of drug-likeness (QED) is 0.668. The third-order valence-corrected chi connectivity index (χ3v) is 1.35. The molecule has 0 atom stereocenters. The zero-order chi connectivity index (χ0) is 7.40. The Morgan fingerprint density at radius 1 is 1.50 bits per heavy atom. The summed E-state index contributed by atoms with van der Waals surface area (Å²) in [6, 6.07) is 3.56. The van der Waals surface area contributed by atoms with E-state index in [4.69, 9.17) is 4.84 Å². The largest absolute Gasteiger partial charge is 0.343 e. The molecule has 1 aromatic rings. The summed E-state index contributed by atoms with van der Waals surface area (Å²) in [5, 5.41) is 0.213. The second-order valence-electron chi connectivity index (χ2n) is 1.64. The molecule has 4 heteroatoms. The molecule has 0 fully saturated rings. The first-order valence-corrected chi connectivity index (χ1v) is 3.85. The standard InChI is InChI=1S/C6H6BrNO2/c7-5-6(9)10-8-3-1-2-4-8/h1-4H,5H2. The number of aromatic nitrogens is 1. The Labute approximate surface area is 66.7 Å². The average Bonchev–Trinajstić information content (AvgIpc) is 2.40. The smallest absolute Gasteiger partial charge is 0.336 e. The molecular formula is C6H6BrNO2. The SMILES string of the molecule is O=C(CBr)On1cccc1. The van der Waals surface area contributed by atoms with Gasteiger partial charge in [0.2, 0.25) is 0 Å². The molecule has 0 aliphatic rings. The van der Waals surface area contributed by atoms with Crippen LogP contribution in [0.25, 0.3) is 0 Å². The molecule has 0 saturated heterocycles. The normalized spacial score (nSPS) is 9.30. The summed E-state index contributed by atoms with van der Waals surface area (Å²) < 4.78 is 1.35. The second-order valence-corrected chi connectivity index (χ2v) is 2.20. The van der Waals surface area contributed by atoms with E-state index in [1.807, 2.05) is 0 Å². The highest BCUT2D eigenvalue weighted by molar-refractivity contribution is 9.09. The molecule has 10 heavy (non-hydrogen) atoms. The Bertz CT molecular complexity index is 208. The number of alkyl halides is 1. The minimum atomic E-state index is -0.309. The molecule has 0 aliphatic heterocycles. The zero-order valence-corrected chi connectivity index (χ0v) is 6.74. The van der Waals surface area contributed by atoms with Crippen molar-refractivity contribution in [1.29, 1.82) is 0 Å². The third kappa shape index (κ3) is 1.88. The summed E-state index contributed by atoms with van der Waals surface area (Å²) in [5.41, 5.74) is 0. The molecule has 0 unspecified atom stereocenters. The molecule has 0 N–H and O–H groups in total. The van der Waals surface area contributed by atoms with Crippen molar-refractivity contribution in [2.24, 2.45) is 0 Å². The van der Waals surface area contributed by atoms with Gasteiger partial charge < -0.3 is 4.84 Å². The van der Waals surface area contributed by atoms with Crippen LogP contribution in [0.4, 0.5) is 0 Å². The van der Waals surface area contributed by atoms with Gasteiger partial charge >= 0.3 is 5.97 Å². The predicted octanol–water partition coefficient (Wildman–Crippen LogP) is 0.838. The number of carbonyl (C=O) groups excluding carboxylic acids is 1. The van der Waals surface area contributed by atoms with Crippen molar-refractivity contribution in [2.75, 3.05) is 5.33 Å². The third-order valence-electron chi connectivity index (χ3n) is 0.893. The lowest BCUT2D eigenvalue weighted by Gasteiger charge is -1.99. The van der Waals surface area contributed by atoms with E-state index in [2.05, 4.69) is 15.9 Å². The summed E-state index contributed by atoms with van der Waals surface area (Å²) in [4.78, 5) is 15.3. The fourth-order valence-electron chi connectivity index (χ4n) is 0.522. The Balaban J connectivity index is 2.48. The summed E-state index contributed by atoms with van der Waals surface area (Å²) >= 11 is 2.97. The van der Waals surface area contributed by atoms with E-state index in [0.717, 1.165) is 0 Å². The predicted molar refractivity (Wildman–Crippen MR) is 39.8 cm³/mol. The van der Waals surface area contributed by atoms with E-state index >= 15 is 0 Å². The van der Waals surface area contributed by atoms with Crippen molar-refractivity contribution in [3.63, 3.8) is 0 Å². The molecule has 0 bridgehead atoms. The minimum absolute atomic E-state index is 0.213. The average molecular weight is 204 g/mol. The maximum Gasteiger partial charge on any atom is 0.343 e. The number of rotatable bonds is 2. The second kappa shape index (κ2) is 3.41. The van der Waals surface area contributed by atoms with E-state index in [9.17, 15) is 4.79 Å². The van der Waals surface area contributed by atoms with Crippen LogP contribution in [-0.2, 0) is 4.79 Å². The van der Waals surface area contributed by atoms with Gasteiger partial charge in [-0.1, -0.05) is 15.9 Å². The van der Waals surface area contributed by atoms with Crippen molar-refractivity contribution >= 4 is 21.9 Å². The Hall–Kier alpha value is -0.770. The minimum Gasteiger partial charge on any atom is -0.336 e. The van der Waals surface area contributed by atoms with Crippen LogP contribution in [0.15, 0.2) is 24.5 Å². The van der Waals surface area contributed by atoms with Crippen LogP contribution in [0.3, 0.4) is 0 Å². The van der Waals surface area contributed by atoms with E-state index in [1.54, 1.807) is 24.5 Å². The van der Waals surface area contributed by atoms with Crippen molar-refractivity contribution in [3.8, 4) is 0 Å². The van der Waals surface area contributed by atoms with Crippen LogP contribution in [0.5, 0.6) is 0 Å². The van der Waals surface area contributed by atoms with Gasteiger partial charge in [-0.25, -0.2) is 4.79 Å². The van der Waals surface area contributed by atoms with Crippen LogP contribution in [-0.4, -0.2) is 16.0 Å². The van der Waals surface area contributed by atoms with Crippen LogP contribution in [0.2, 0.25) is 0 Å². The lowest BCUT2D eigenvalue weighted by atomic mass is 10.7. The van der Waals surface area contributed by atoms with Gasteiger partial charge in [0.05, 0.1) is 0 Å². The molecule has 0 radical (unpaired) electrons. The topological polar surface area (TPSA) is 31.2 Å². The highest BCUT2D eigenvalue weighted by Gasteiger charge is 1.98. The molecule has 1 heterocycles. The summed E-state index contributed by atoms with van der Waals surface area (Å²) in [6.07, 6.45) is 3.31. The van der Waals surface area contributed by atoms with Crippen molar-refractivity contribution in [1.82, 2.24) is 4.73 Å². The van der Waals surface area contributed by atoms with Crippen LogP contribution < -0.4 is 4.84 Å². The number of nitrogens with zero attached hydrogens (tertiary/aromatic N) is 1. The molecule has 0 aliphatic carbocycles. The summed E-state index contributed by atoms with van der Waals surface area (Å²) in [7, 11) is 0. The van der Waals surface area contributed by atoms with Gasteiger partial charge in [-0.3, -0.25) is 0 Å². The molecular weight excluding hydrogens is 198 g/mol. The van der Waals surface area contributed by atoms with E-state index in [0.29, 0.717) is 0 Å². The molecule has 0 amide bonds. The van der Waals surface area contributed by atoms with Crippen molar-refractivity contribution in [2.45, 2.75) is 0 Å². The number of hydrogen-bond donors (Lipinski definition) is 0. The number of carbonyl (C=O) groups is 1. The van der Waals surface area contributed by atoms with Gasteiger partial charge in [0.1, 0.15) is 5.33 Å². The van der Waals surface area contributed by atoms with Gasteiger partial charge in [-0.05, 0) is 12.1 Å². The van der Waals surface area contributed by atoms with Gasteiger partial charge in [-0.2, -0.15) is 4.73 Å². The summed E-state index contributed by atoms with van der Waals surface area (Å²) in [5.74, 6) is -0.309. The van der Waals surface area contributed by atoms with Gasteiger partial charge in [0.25, 0.3) is 0 Å². The highest BCUT2D eigenvalue weighted by atomic mass is 79.9. The van der Waals surface area contributed by atoms with Crippen molar-refractivity contribution < 1.29 is 9.63 Å². The van der Waals surface area contributed by atoms with Crippen LogP contribution in [0.1, 0.15) is 0 Å². The highest BCUT2D eigenvalue weighted by Crippen LogP contribution is 1.87. The van der Waals surface area contributed by atoms with Crippen LogP contribution >= 0.6 is 15.9 Å². The fraction of sp³-hybridized carbons (Fsp3) is 0.167. The molecule has 0 aromatic carbocycles. The molecule has 0 saturated carbocycles. The van der Waals surface area contributed by atoms with Gasteiger partial charge in [0.15, 0.2) is 0 Å². The first-order valence-electron chi connectivity index (χ1n) is 2.73. The Morgan fingerprint density at radius 3 is 2.60 bits per heavy atom. The van der Waals surface area contributed by atoms with Gasteiger partial charge in [0, 0.05) is 12.4 Å². The molecule has 0 spiro atoms. The molecule has 3 nitrogen and oxygen atoms in total. The molecule has 1 rings (SSSR count). The maximum absolute atomic E-state index is 10.6. The van der Waals surface area contributed by atoms with E-state index in [1.165, 1.54) is 4.73 Å². The monoisotopic (exact) mass is 203 g/mol. The summed E-state index contributed by atoms with van der Waals surface area (Å²) in [6.45, 7) is 0.